The number of nitrogens with one attached hydrogen (secondary N) is 1. The number of thiazole rings is 1. The fourth-order valence-electron chi connectivity index (χ4n) is 2.82. The van der Waals surface area contributed by atoms with Gasteiger partial charge in [0.15, 0.2) is 5.13 Å². The van der Waals surface area contributed by atoms with Crippen LogP contribution in [0, 0.1) is 13.8 Å². The number of pyridine rings is 1. The topological polar surface area (TPSA) is 75.2 Å². The van der Waals surface area contributed by atoms with E-state index in [-0.39, 0.29) is 11.8 Å². The molecule has 6 nitrogen and oxygen atoms in total. The molecule has 2 aromatic rings. The Balaban J connectivity index is 1.78. The van der Waals surface area contributed by atoms with Gasteiger partial charge in [-0.25, -0.2) is 4.98 Å². The van der Waals surface area contributed by atoms with Gasteiger partial charge in [-0.05, 0) is 38.8 Å². The van der Waals surface area contributed by atoms with Crippen LogP contribution < -0.4 is 5.32 Å². The third-order valence-electron chi connectivity index (χ3n) is 3.93. The summed E-state index contributed by atoms with van der Waals surface area (Å²) in [5, 5.41) is 5.14. The van der Waals surface area contributed by atoms with Crippen LogP contribution in [0.4, 0.5) is 5.13 Å². The van der Waals surface area contributed by atoms with Crippen LogP contribution in [0.15, 0.2) is 23.7 Å². The number of anilines is 1. The van der Waals surface area contributed by atoms with Crippen molar-refractivity contribution < 1.29 is 9.59 Å². The Bertz CT molecular complexity index is 730. The molecule has 0 aromatic carbocycles. The molecule has 1 fully saturated rings. The van der Waals surface area contributed by atoms with Gasteiger partial charge in [-0.1, -0.05) is 0 Å². The highest BCUT2D eigenvalue weighted by molar-refractivity contribution is 7.13. The van der Waals surface area contributed by atoms with Crippen molar-refractivity contribution >= 4 is 28.3 Å². The van der Waals surface area contributed by atoms with Crippen molar-refractivity contribution in [2.45, 2.75) is 32.7 Å². The Hall–Kier alpha value is -2.28. The Morgan fingerprint density at radius 1 is 1.35 bits per heavy atom. The van der Waals surface area contributed by atoms with Gasteiger partial charge in [-0.3, -0.25) is 14.6 Å². The normalized spacial score (nSPS) is 17.3. The van der Waals surface area contributed by atoms with Gasteiger partial charge in [0.1, 0.15) is 6.04 Å². The fourth-order valence-corrected chi connectivity index (χ4v) is 3.36. The van der Waals surface area contributed by atoms with Gasteiger partial charge >= 0.3 is 0 Å². The highest BCUT2D eigenvalue weighted by Crippen LogP contribution is 2.23. The lowest BCUT2D eigenvalue weighted by molar-refractivity contribution is -0.119. The highest BCUT2D eigenvalue weighted by atomic mass is 32.1. The SMILES string of the molecule is Cc1ccc(C(=O)N2CCCC2C(=O)Nc2nccs2)c(C)n1. The molecule has 1 aliphatic heterocycles. The summed E-state index contributed by atoms with van der Waals surface area (Å²) in [5.74, 6) is -0.310. The third-order valence-corrected chi connectivity index (χ3v) is 4.62. The summed E-state index contributed by atoms with van der Waals surface area (Å²) < 4.78 is 0. The van der Waals surface area contributed by atoms with E-state index in [1.165, 1.54) is 11.3 Å². The number of hydrogen-bond donors (Lipinski definition) is 1. The predicted octanol–water partition coefficient (Wildman–Crippen LogP) is 2.40. The maximum Gasteiger partial charge on any atom is 0.256 e. The van der Waals surface area contributed by atoms with Crippen molar-refractivity contribution in [3.05, 3.63) is 40.7 Å². The van der Waals surface area contributed by atoms with Gasteiger partial charge in [0, 0.05) is 23.8 Å². The molecule has 23 heavy (non-hydrogen) atoms. The Labute approximate surface area is 138 Å². The zero-order valence-corrected chi connectivity index (χ0v) is 13.9. The third kappa shape index (κ3) is 3.24. The number of nitrogens with zero attached hydrogens (tertiary/aromatic N) is 3. The number of amides is 2. The molecule has 0 radical (unpaired) electrons. The number of hydrogen-bond acceptors (Lipinski definition) is 5. The van der Waals surface area contributed by atoms with Gasteiger partial charge in [0.2, 0.25) is 5.91 Å². The lowest BCUT2D eigenvalue weighted by Crippen LogP contribution is -2.43. The fraction of sp³-hybridized carbons (Fsp3) is 0.375. The molecule has 1 atom stereocenters. The Kier molecular flexibility index (Phi) is 4.38. The summed E-state index contributed by atoms with van der Waals surface area (Å²) >= 11 is 1.36. The minimum absolute atomic E-state index is 0.133. The van der Waals surface area contributed by atoms with E-state index in [2.05, 4.69) is 15.3 Å². The first kappa shape index (κ1) is 15.6. The van der Waals surface area contributed by atoms with E-state index < -0.39 is 6.04 Å². The first-order valence-electron chi connectivity index (χ1n) is 7.52. The van der Waals surface area contributed by atoms with Crippen LogP contribution in [0.25, 0.3) is 0 Å². The van der Waals surface area contributed by atoms with Crippen LogP contribution in [-0.4, -0.2) is 39.3 Å². The molecule has 2 amide bonds. The van der Waals surface area contributed by atoms with Gasteiger partial charge < -0.3 is 10.2 Å². The molecule has 1 aliphatic rings. The van der Waals surface area contributed by atoms with Gasteiger partial charge in [-0.2, -0.15) is 0 Å². The molecule has 1 N–H and O–H groups in total. The molecular formula is C16H18N4O2S. The van der Waals surface area contributed by atoms with Crippen molar-refractivity contribution in [3.63, 3.8) is 0 Å². The Morgan fingerprint density at radius 3 is 2.87 bits per heavy atom. The summed E-state index contributed by atoms with van der Waals surface area (Å²) in [7, 11) is 0. The largest absolute Gasteiger partial charge is 0.327 e. The van der Waals surface area contributed by atoms with Crippen LogP contribution in [0.1, 0.15) is 34.6 Å². The minimum Gasteiger partial charge on any atom is -0.327 e. The van der Waals surface area contributed by atoms with Crippen molar-refractivity contribution in [1.82, 2.24) is 14.9 Å². The molecule has 0 aliphatic carbocycles. The first-order valence-corrected chi connectivity index (χ1v) is 8.40. The minimum atomic E-state index is -0.452. The number of aryl methyl sites for hydroxylation is 2. The molecule has 120 valence electrons. The van der Waals surface area contributed by atoms with Crippen LogP contribution >= 0.6 is 11.3 Å². The summed E-state index contributed by atoms with van der Waals surface area (Å²) in [6, 6.07) is 3.15. The average molecular weight is 330 g/mol. The van der Waals surface area contributed by atoms with Crippen molar-refractivity contribution in [2.24, 2.45) is 0 Å². The van der Waals surface area contributed by atoms with Crippen LogP contribution in [0.2, 0.25) is 0 Å². The molecule has 0 saturated carbocycles. The number of carbonyl (C=O) groups excluding carboxylic acids is 2. The molecule has 3 rings (SSSR count). The Morgan fingerprint density at radius 2 is 2.17 bits per heavy atom. The summed E-state index contributed by atoms with van der Waals surface area (Å²) in [5.41, 5.74) is 2.13. The maximum atomic E-state index is 12.8. The number of carbonyl (C=O) groups is 2. The molecule has 1 saturated heterocycles. The van der Waals surface area contributed by atoms with Crippen molar-refractivity contribution in [1.29, 1.82) is 0 Å². The van der Waals surface area contributed by atoms with E-state index >= 15 is 0 Å². The van der Waals surface area contributed by atoms with Crippen LogP contribution in [-0.2, 0) is 4.79 Å². The van der Waals surface area contributed by atoms with Gasteiger partial charge in [0.25, 0.3) is 5.91 Å². The van der Waals surface area contributed by atoms with E-state index in [9.17, 15) is 9.59 Å². The predicted molar refractivity (Wildman–Crippen MR) is 88.5 cm³/mol. The van der Waals surface area contributed by atoms with Crippen molar-refractivity contribution in [2.75, 3.05) is 11.9 Å². The molecule has 3 heterocycles. The zero-order valence-electron chi connectivity index (χ0n) is 13.1. The number of likely N-dealkylation sites (tertiary alicyclic amines) is 1. The van der Waals surface area contributed by atoms with E-state index in [4.69, 9.17) is 0 Å². The maximum absolute atomic E-state index is 12.8. The van der Waals surface area contributed by atoms with E-state index in [0.717, 1.165) is 12.1 Å². The molecular weight excluding hydrogens is 312 g/mol. The van der Waals surface area contributed by atoms with Crippen LogP contribution in [0.5, 0.6) is 0 Å². The standard InChI is InChI=1S/C16H18N4O2S/c1-10-5-6-12(11(2)18-10)15(22)20-8-3-4-13(20)14(21)19-16-17-7-9-23-16/h5-7,9,13H,3-4,8H2,1-2H3,(H,17,19,21). The highest BCUT2D eigenvalue weighted by Gasteiger charge is 2.35. The van der Waals surface area contributed by atoms with E-state index in [1.54, 1.807) is 22.5 Å². The quantitative estimate of drug-likeness (QED) is 0.937. The summed E-state index contributed by atoms with van der Waals surface area (Å²) in [6.45, 7) is 4.30. The zero-order chi connectivity index (χ0) is 16.4. The second-order valence-corrected chi connectivity index (χ2v) is 6.46. The van der Waals surface area contributed by atoms with Gasteiger partial charge in [-0.15, -0.1) is 11.3 Å². The lowest BCUT2D eigenvalue weighted by atomic mass is 10.1. The summed E-state index contributed by atoms with van der Waals surface area (Å²) in [4.78, 5) is 35.3. The smallest absolute Gasteiger partial charge is 0.256 e. The molecule has 0 spiro atoms. The monoisotopic (exact) mass is 330 g/mol. The lowest BCUT2D eigenvalue weighted by Gasteiger charge is -2.24. The summed E-state index contributed by atoms with van der Waals surface area (Å²) in [6.07, 6.45) is 3.13. The average Bonchev–Trinajstić information content (AvgIpc) is 3.17. The second kappa shape index (κ2) is 6.45. The van der Waals surface area contributed by atoms with Crippen LogP contribution in [0.3, 0.4) is 0 Å². The molecule has 2 aromatic heterocycles. The first-order chi connectivity index (χ1) is 11.1. The molecule has 0 bridgehead atoms. The second-order valence-electron chi connectivity index (χ2n) is 5.57. The van der Waals surface area contributed by atoms with E-state index in [1.807, 2.05) is 19.9 Å². The van der Waals surface area contributed by atoms with E-state index in [0.29, 0.717) is 29.4 Å². The number of aromatic nitrogens is 2. The van der Waals surface area contributed by atoms with Gasteiger partial charge in [0.05, 0.1) is 11.3 Å². The molecule has 7 heteroatoms. The molecule has 1 unspecified atom stereocenters. The van der Waals surface area contributed by atoms with Crippen molar-refractivity contribution in [3.8, 4) is 0 Å². The number of rotatable bonds is 3.